The van der Waals surface area contributed by atoms with E-state index in [2.05, 4.69) is 32.0 Å². The van der Waals surface area contributed by atoms with E-state index >= 15 is 4.39 Å². The molecule has 1 aromatic heterocycles. The fourth-order valence-electron chi connectivity index (χ4n) is 3.13. The summed E-state index contributed by atoms with van der Waals surface area (Å²) < 4.78 is 37.1. The number of ether oxygens (including phenoxy) is 1. The predicted molar refractivity (Wildman–Crippen MR) is 134 cm³/mol. The van der Waals surface area contributed by atoms with Crippen LogP contribution in [0.25, 0.3) is 5.57 Å². The third-order valence-electron chi connectivity index (χ3n) is 4.70. The molecule has 3 rings (SSSR count). The smallest absolute Gasteiger partial charge is 0.453 e. The van der Waals surface area contributed by atoms with Gasteiger partial charge in [-0.15, -0.1) is 0 Å². The van der Waals surface area contributed by atoms with Crippen LogP contribution >= 0.6 is 35.4 Å². The van der Waals surface area contributed by atoms with E-state index in [0.717, 1.165) is 0 Å². The fraction of sp³-hybridized carbons (Fsp3) is 0.130. The lowest BCUT2D eigenvalue weighted by Gasteiger charge is -2.22. The van der Waals surface area contributed by atoms with E-state index < -0.39 is 20.4 Å². The first-order valence-corrected chi connectivity index (χ1v) is 12.6. The number of hydrogen-bond donors (Lipinski definition) is 2. The molecule has 182 valence electrons. The highest BCUT2D eigenvalue weighted by atomic mass is 79.9. The van der Waals surface area contributed by atoms with E-state index in [1.165, 1.54) is 29.3 Å². The zero-order valence-electron chi connectivity index (χ0n) is 18.3. The molecule has 0 unspecified atom stereocenters. The van der Waals surface area contributed by atoms with Crippen molar-refractivity contribution in [3.05, 3.63) is 87.2 Å². The van der Waals surface area contributed by atoms with Crippen LogP contribution in [0.1, 0.15) is 16.7 Å². The number of benzene rings is 2. The molecule has 35 heavy (non-hydrogen) atoms. The summed E-state index contributed by atoms with van der Waals surface area (Å²) >= 11 is 9.31. The molecule has 1 heterocycles. The Morgan fingerprint density at radius 3 is 2.77 bits per heavy atom. The fourth-order valence-corrected chi connectivity index (χ4v) is 4.07. The van der Waals surface area contributed by atoms with Crippen LogP contribution < -0.4 is 9.64 Å². The van der Waals surface area contributed by atoms with Crippen LogP contribution in [-0.2, 0) is 15.5 Å². The van der Waals surface area contributed by atoms with E-state index in [1.54, 1.807) is 31.3 Å². The quantitative estimate of drug-likeness (QED) is 0.231. The first-order valence-electron chi connectivity index (χ1n) is 9.88. The molecule has 0 aliphatic carbocycles. The number of allylic oxidation sites excluding steroid dienone is 1. The number of phosphoric acid groups is 1. The maximum atomic E-state index is 15.5. The second-order valence-corrected chi connectivity index (χ2v) is 9.87. The third-order valence-corrected chi connectivity index (χ3v) is 6.00. The molecule has 0 bridgehead atoms. The number of pyridine rings is 1. The summed E-state index contributed by atoms with van der Waals surface area (Å²) in [6.45, 7) is 3.63. The topological polar surface area (TPSA) is 116 Å². The molecular weight excluding hydrogens is 564 g/mol. The van der Waals surface area contributed by atoms with Crippen LogP contribution in [0.2, 0.25) is 5.02 Å². The summed E-state index contributed by atoms with van der Waals surface area (Å²) in [5.41, 5.74) is 1.59. The highest BCUT2D eigenvalue weighted by molar-refractivity contribution is 9.10. The number of hydrogen-bond acceptors (Lipinski definition) is 6. The molecular formula is C23H19BrClFN3O5P. The van der Waals surface area contributed by atoms with Crippen molar-refractivity contribution < 1.29 is 28.0 Å². The van der Waals surface area contributed by atoms with Gasteiger partial charge in [0.15, 0.2) is 11.6 Å². The zero-order valence-corrected chi connectivity index (χ0v) is 21.5. The lowest BCUT2D eigenvalue weighted by atomic mass is 9.99. The Kier molecular flexibility index (Phi) is 8.67. The minimum absolute atomic E-state index is 0.0833. The summed E-state index contributed by atoms with van der Waals surface area (Å²) in [6.07, 6.45) is 1.59. The maximum Gasteiger partial charge on any atom is 0.471 e. The van der Waals surface area contributed by atoms with Gasteiger partial charge in [-0.25, -0.2) is 13.9 Å². The summed E-state index contributed by atoms with van der Waals surface area (Å²) in [4.78, 5) is 23.6. The van der Waals surface area contributed by atoms with Crippen LogP contribution in [0.4, 0.5) is 10.2 Å². The minimum Gasteiger partial charge on any atom is -0.453 e. The van der Waals surface area contributed by atoms with Crippen LogP contribution in [-0.4, -0.2) is 28.5 Å². The summed E-state index contributed by atoms with van der Waals surface area (Å²) in [6, 6.07) is 12.9. The molecule has 2 aromatic carbocycles. The van der Waals surface area contributed by atoms with Crippen LogP contribution in [0, 0.1) is 17.1 Å². The Balaban J connectivity index is 1.87. The van der Waals surface area contributed by atoms with Crippen molar-refractivity contribution in [2.45, 2.75) is 6.42 Å². The van der Waals surface area contributed by atoms with Crippen molar-refractivity contribution >= 4 is 46.7 Å². The molecule has 0 aliphatic heterocycles. The lowest BCUT2D eigenvalue weighted by molar-refractivity contribution is 0.198. The molecule has 2 N–H and O–H groups in total. The zero-order chi connectivity index (χ0) is 25.8. The number of halogens is 3. The van der Waals surface area contributed by atoms with Gasteiger partial charge in [0.05, 0.1) is 16.1 Å². The summed E-state index contributed by atoms with van der Waals surface area (Å²) in [7, 11) is -3.13. The van der Waals surface area contributed by atoms with Crippen molar-refractivity contribution in [2.75, 3.05) is 18.7 Å². The number of nitriles is 1. The van der Waals surface area contributed by atoms with Crippen molar-refractivity contribution in [1.82, 2.24) is 4.98 Å². The van der Waals surface area contributed by atoms with Crippen LogP contribution in [0.15, 0.2) is 59.7 Å². The summed E-state index contributed by atoms with van der Waals surface area (Å²) in [5.74, 6) is -0.170. The highest BCUT2D eigenvalue weighted by Gasteiger charge is 2.20. The molecule has 8 nitrogen and oxygen atoms in total. The predicted octanol–water partition coefficient (Wildman–Crippen LogP) is 6.06. The number of anilines is 1. The van der Waals surface area contributed by atoms with Gasteiger partial charge in [0.1, 0.15) is 18.3 Å². The van der Waals surface area contributed by atoms with Gasteiger partial charge < -0.3 is 19.4 Å². The van der Waals surface area contributed by atoms with E-state index in [-0.39, 0.29) is 34.1 Å². The van der Waals surface area contributed by atoms with Crippen LogP contribution in [0.3, 0.4) is 0 Å². The van der Waals surface area contributed by atoms with Gasteiger partial charge in [-0.1, -0.05) is 24.2 Å². The second-order valence-electron chi connectivity index (χ2n) is 7.34. The number of rotatable bonds is 9. The molecule has 0 aliphatic rings. The standard InChI is InChI=1S/C23H19BrClFN3O5P/c1-14(19-4-3-7-28-23(19)29(2)13-33-35(30,31)32)8-16-5-6-20(24)22(21(16)26)34-18-10-15(12-27)9-17(25)11-18/h3-7,9-11H,1,8,13H2,2H3,(H2,30,31,32). The van der Waals surface area contributed by atoms with Crippen molar-refractivity contribution in [3.8, 4) is 17.6 Å². The SMILES string of the molecule is C=C(Cc1ccc(Br)c(Oc2cc(Cl)cc(C#N)c2)c1F)c1cccnc1N(C)COP(=O)(O)O. The number of phosphoric ester groups is 1. The molecule has 0 spiro atoms. The second kappa shape index (κ2) is 11.3. The van der Waals surface area contributed by atoms with Gasteiger partial charge >= 0.3 is 7.82 Å². The van der Waals surface area contributed by atoms with Crippen molar-refractivity contribution in [1.29, 1.82) is 5.26 Å². The molecule has 0 fully saturated rings. The molecule has 0 amide bonds. The van der Waals surface area contributed by atoms with Crippen molar-refractivity contribution in [2.24, 2.45) is 0 Å². The van der Waals surface area contributed by atoms with E-state index in [0.29, 0.717) is 21.4 Å². The van der Waals surface area contributed by atoms with E-state index in [9.17, 15) is 4.57 Å². The normalized spacial score (nSPS) is 11.1. The monoisotopic (exact) mass is 581 g/mol. The van der Waals surface area contributed by atoms with Gasteiger partial charge in [-0.3, -0.25) is 4.52 Å². The minimum atomic E-state index is -4.67. The number of aromatic nitrogens is 1. The largest absolute Gasteiger partial charge is 0.471 e. The maximum absolute atomic E-state index is 15.5. The summed E-state index contributed by atoms with van der Waals surface area (Å²) in [5, 5.41) is 9.41. The van der Waals surface area contributed by atoms with Gasteiger partial charge in [0.25, 0.3) is 0 Å². The molecule has 0 radical (unpaired) electrons. The Morgan fingerprint density at radius 1 is 1.34 bits per heavy atom. The van der Waals surface area contributed by atoms with Gasteiger partial charge in [-0.05, 0) is 63.5 Å². The van der Waals surface area contributed by atoms with E-state index in [4.69, 9.17) is 31.4 Å². The Labute approximate surface area is 214 Å². The van der Waals surface area contributed by atoms with Gasteiger partial charge in [-0.2, -0.15) is 5.26 Å². The molecule has 0 saturated carbocycles. The van der Waals surface area contributed by atoms with Gasteiger partial charge in [0, 0.05) is 30.3 Å². The Hall–Kier alpha value is -2.77. The first-order chi connectivity index (χ1) is 16.5. The Morgan fingerprint density at radius 2 is 2.09 bits per heavy atom. The molecule has 0 saturated heterocycles. The Bertz CT molecular complexity index is 1360. The van der Waals surface area contributed by atoms with Crippen LogP contribution in [0.5, 0.6) is 11.5 Å². The van der Waals surface area contributed by atoms with Gasteiger partial charge in [0.2, 0.25) is 0 Å². The molecule has 12 heteroatoms. The average molecular weight is 583 g/mol. The van der Waals surface area contributed by atoms with Crippen molar-refractivity contribution in [3.63, 3.8) is 0 Å². The number of nitrogens with zero attached hydrogens (tertiary/aromatic N) is 3. The molecule has 0 atom stereocenters. The third kappa shape index (κ3) is 7.12. The molecule has 3 aromatic rings. The highest BCUT2D eigenvalue weighted by Crippen LogP contribution is 2.38. The first kappa shape index (κ1) is 26.8. The lowest BCUT2D eigenvalue weighted by Crippen LogP contribution is -2.22. The van der Waals surface area contributed by atoms with E-state index in [1.807, 2.05) is 6.07 Å². The average Bonchev–Trinajstić information content (AvgIpc) is 2.81.